The average Bonchev–Trinajstić information content (AvgIpc) is 2.18. The molecule has 0 aromatic carbocycles. The minimum absolute atomic E-state index is 0.101. The first kappa shape index (κ1) is 12.5. The summed E-state index contributed by atoms with van der Waals surface area (Å²) in [6.07, 6.45) is 3.86. The van der Waals surface area contributed by atoms with Crippen molar-refractivity contribution >= 4 is 6.47 Å². The Morgan fingerprint density at radius 1 is 1.40 bits per heavy atom. The van der Waals surface area contributed by atoms with E-state index in [1.165, 1.54) is 12.8 Å². The Kier molecular flexibility index (Phi) is 5.09. The summed E-state index contributed by atoms with van der Waals surface area (Å²) in [5, 5.41) is 0. The molecule has 0 heterocycles. The summed E-state index contributed by atoms with van der Waals surface area (Å²) in [6.45, 7) is 7.27. The molecule has 3 heteroatoms. The summed E-state index contributed by atoms with van der Waals surface area (Å²) in [7, 11) is 0. The second-order valence-corrected chi connectivity index (χ2v) is 4.91. The molecule has 0 saturated heterocycles. The molecular weight excluding hydrogens is 192 g/mol. The topological polar surface area (TPSA) is 35.5 Å². The first-order chi connectivity index (χ1) is 7.15. The van der Waals surface area contributed by atoms with Gasteiger partial charge in [0.05, 0.1) is 6.10 Å². The maximum Gasteiger partial charge on any atom is 0.295 e. The number of hydrogen-bond donors (Lipinski definition) is 0. The maximum absolute atomic E-state index is 10.0. The zero-order valence-corrected chi connectivity index (χ0v) is 9.94. The molecule has 1 fully saturated rings. The fourth-order valence-corrected chi connectivity index (χ4v) is 2.46. The van der Waals surface area contributed by atoms with Gasteiger partial charge in [0.1, 0.15) is 0 Å². The largest absolute Gasteiger partial charge is 0.441 e. The van der Waals surface area contributed by atoms with Crippen LogP contribution in [0, 0.1) is 17.8 Å². The van der Waals surface area contributed by atoms with Crippen LogP contribution in [0.15, 0.2) is 0 Å². The zero-order chi connectivity index (χ0) is 11.3. The van der Waals surface area contributed by atoms with Gasteiger partial charge in [-0.3, -0.25) is 4.79 Å². The third-order valence-electron chi connectivity index (χ3n) is 3.38. The van der Waals surface area contributed by atoms with Gasteiger partial charge in [-0.05, 0) is 30.6 Å². The van der Waals surface area contributed by atoms with E-state index in [2.05, 4.69) is 25.5 Å². The van der Waals surface area contributed by atoms with E-state index in [1.807, 2.05) is 0 Å². The lowest BCUT2D eigenvalue weighted by Gasteiger charge is -2.36. The van der Waals surface area contributed by atoms with Gasteiger partial charge in [-0.25, -0.2) is 0 Å². The normalized spacial score (nSPS) is 31.6. The van der Waals surface area contributed by atoms with Crippen LogP contribution in [0.2, 0.25) is 0 Å². The van der Waals surface area contributed by atoms with Crippen LogP contribution < -0.4 is 0 Å². The number of rotatable bonds is 5. The molecule has 88 valence electrons. The number of ether oxygens (including phenoxy) is 2. The van der Waals surface area contributed by atoms with Crippen LogP contribution in [0.3, 0.4) is 0 Å². The van der Waals surface area contributed by atoms with Gasteiger partial charge in [0.15, 0.2) is 6.79 Å². The monoisotopic (exact) mass is 214 g/mol. The molecule has 0 radical (unpaired) electrons. The molecule has 3 unspecified atom stereocenters. The first-order valence-corrected chi connectivity index (χ1v) is 5.82. The standard InChI is InChI=1S/C12H22O3/c1-9(2)11-5-4-10(3)6-12(11)15-8-14-7-13/h7,9-12H,4-6,8H2,1-3H3. The van der Waals surface area contributed by atoms with E-state index in [4.69, 9.17) is 4.74 Å². The Bertz CT molecular complexity index is 191. The number of carbonyl (C=O) groups excluding carboxylic acids is 1. The fraction of sp³-hybridized carbons (Fsp3) is 0.917. The van der Waals surface area contributed by atoms with Gasteiger partial charge >= 0.3 is 0 Å². The zero-order valence-electron chi connectivity index (χ0n) is 9.94. The van der Waals surface area contributed by atoms with Crippen LogP contribution in [0.5, 0.6) is 0 Å². The molecule has 0 aliphatic heterocycles. The van der Waals surface area contributed by atoms with Gasteiger partial charge in [-0.2, -0.15) is 0 Å². The lowest BCUT2D eigenvalue weighted by molar-refractivity contribution is -0.154. The molecule has 15 heavy (non-hydrogen) atoms. The summed E-state index contributed by atoms with van der Waals surface area (Å²) in [4.78, 5) is 10.0. The average molecular weight is 214 g/mol. The van der Waals surface area contributed by atoms with E-state index >= 15 is 0 Å². The Labute approximate surface area is 92.1 Å². The molecule has 0 spiro atoms. The van der Waals surface area contributed by atoms with Crippen LogP contribution in [0.1, 0.15) is 40.0 Å². The Morgan fingerprint density at radius 2 is 2.13 bits per heavy atom. The van der Waals surface area contributed by atoms with E-state index in [0.717, 1.165) is 12.3 Å². The predicted molar refractivity (Wildman–Crippen MR) is 58.2 cm³/mol. The molecule has 1 aliphatic rings. The molecule has 0 amide bonds. The van der Waals surface area contributed by atoms with E-state index < -0.39 is 0 Å². The highest BCUT2D eigenvalue weighted by Gasteiger charge is 2.31. The van der Waals surface area contributed by atoms with Gasteiger partial charge in [-0.15, -0.1) is 0 Å². The molecule has 3 nitrogen and oxygen atoms in total. The fourth-order valence-electron chi connectivity index (χ4n) is 2.46. The third kappa shape index (κ3) is 3.82. The SMILES string of the molecule is CC1CCC(C(C)C)C(OCOC=O)C1. The molecule has 3 atom stereocenters. The van der Waals surface area contributed by atoms with Crippen LogP contribution in [-0.4, -0.2) is 19.4 Å². The first-order valence-electron chi connectivity index (χ1n) is 5.82. The third-order valence-corrected chi connectivity index (χ3v) is 3.38. The van der Waals surface area contributed by atoms with Crippen molar-refractivity contribution in [1.29, 1.82) is 0 Å². The number of carbonyl (C=O) groups is 1. The Hall–Kier alpha value is -0.570. The smallest absolute Gasteiger partial charge is 0.295 e. The van der Waals surface area contributed by atoms with Crippen molar-refractivity contribution in [2.45, 2.75) is 46.1 Å². The Balaban J connectivity index is 2.42. The molecule has 0 N–H and O–H groups in total. The van der Waals surface area contributed by atoms with Crippen molar-refractivity contribution in [1.82, 2.24) is 0 Å². The van der Waals surface area contributed by atoms with Crippen molar-refractivity contribution in [2.24, 2.45) is 17.8 Å². The summed E-state index contributed by atoms with van der Waals surface area (Å²) in [5.74, 6) is 1.97. The highest BCUT2D eigenvalue weighted by molar-refractivity contribution is 5.36. The van der Waals surface area contributed by atoms with Crippen molar-refractivity contribution in [3.8, 4) is 0 Å². The minimum atomic E-state index is 0.101. The molecule has 0 bridgehead atoms. The van der Waals surface area contributed by atoms with E-state index in [-0.39, 0.29) is 12.9 Å². The van der Waals surface area contributed by atoms with Crippen molar-refractivity contribution in [2.75, 3.05) is 6.79 Å². The second-order valence-electron chi connectivity index (χ2n) is 4.91. The van der Waals surface area contributed by atoms with Crippen LogP contribution in [0.25, 0.3) is 0 Å². The number of hydrogen-bond acceptors (Lipinski definition) is 3. The lowest BCUT2D eigenvalue weighted by atomic mass is 9.75. The second kappa shape index (κ2) is 6.11. The maximum atomic E-state index is 10.0. The molecule has 1 rings (SSSR count). The van der Waals surface area contributed by atoms with E-state index in [0.29, 0.717) is 18.3 Å². The molecule has 0 aromatic rings. The lowest BCUT2D eigenvalue weighted by Crippen LogP contribution is -2.34. The van der Waals surface area contributed by atoms with E-state index in [1.54, 1.807) is 0 Å². The Morgan fingerprint density at radius 3 is 2.73 bits per heavy atom. The van der Waals surface area contributed by atoms with Crippen LogP contribution >= 0.6 is 0 Å². The highest BCUT2D eigenvalue weighted by Crippen LogP contribution is 2.35. The van der Waals surface area contributed by atoms with Crippen molar-refractivity contribution < 1.29 is 14.3 Å². The van der Waals surface area contributed by atoms with Crippen LogP contribution in [0.4, 0.5) is 0 Å². The summed E-state index contributed by atoms with van der Waals surface area (Å²) >= 11 is 0. The summed E-state index contributed by atoms with van der Waals surface area (Å²) in [6, 6.07) is 0. The summed E-state index contributed by atoms with van der Waals surface area (Å²) in [5.41, 5.74) is 0. The minimum Gasteiger partial charge on any atom is -0.441 e. The predicted octanol–water partition coefficient (Wildman–Crippen LogP) is 2.59. The van der Waals surface area contributed by atoms with Gasteiger partial charge < -0.3 is 9.47 Å². The molecule has 1 aliphatic carbocycles. The van der Waals surface area contributed by atoms with Gasteiger partial charge in [0.25, 0.3) is 6.47 Å². The van der Waals surface area contributed by atoms with Gasteiger partial charge in [-0.1, -0.05) is 27.2 Å². The molecule has 1 saturated carbocycles. The van der Waals surface area contributed by atoms with Gasteiger partial charge in [0, 0.05) is 0 Å². The summed E-state index contributed by atoms with van der Waals surface area (Å²) < 4.78 is 10.2. The van der Waals surface area contributed by atoms with Gasteiger partial charge in [0.2, 0.25) is 0 Å². The highest BCUT2D eigenvalue weighted by atomic mass is 16.7. The van der Waals surface area contributed by atoms with Crippen molar-refractivity contribution in [3.05, 3.63) is 0 Å². The van der Waals surface area contributed by atoms with Crippen LogP contribution in [-0.2, 0) is 14.3 Å². The quantitative estimate of drug-likeness (QED) is 0.401. The molecular formula is C12H22O3. The van der Waals surface area contributed by atoms with E-state index in [9.17, 15) is 4.79 Å². The van der Waals surface area contributed by atoms with Crippen molar-refractivity contribution in [3.63, 3.8) is 0 Å². The molecule has 0 aromatic heterocycles.